The Morgan fingerprint density at radius 3 is 2.14 bits per heavy atom. The molecule has 188 valence electrons. The monoisotopic (exact) mass is 476 g/mol. The average Bonchev–Trinajstić information content (AvgIpc) is 2.88. The maximum Gasteiger partial charge on any atom is 0.259 e. The number of carbonyl (C=O) groups excluding carboxylic acids is 1. The highest BCUT2D eigenvalue weighted by atomic mass is 16.5. The average molecular weight is 477 g/mol. The number of nitrogens with one attached hydrogen (secondary N) is 2. The first-order valence-electron chi connectivity index (χ1n) is 13.1. The smallest absolute Gasteiger partial charge is 0.259 e. The number of hydrogen-bond donors (Lipinski definition) is 3. The summed E-state index contributed by atoms with van der Waals surface area (Å²) >= 11 is 0. The van der Waals surface area contributed by atoms with Gasteiger partial charge in [0.05, 0.1) is 18.4 Å². The molecule has 0 heterocycles. The zero-order chi connectivity index (χ0) is 24.9. The normalized spacial score (nSPS) is 10.9. The number of hydrogen-bond acceptors (Lipinski definition) is 4. The van der Waals surface area contributed by atoms with Crippen molar-refractivity contribution in [3.05, 3.63) is 60.2 Å². The van der Waals surface area contributed by atoms with Gasteiger partial charge in [0.15, 0.2) is 0 Å². The SMILES string of the molecule is CCCCCCCCCCCCNc1cccc2c(O)c(C(=O)Nc3ccccc3OC)ccc12. The van der Waals surface area contributed by atoms with Crippen molar-refractivity contribution in [3.8, 4) is 11.5 Å². The Labute approximate surface area is 209 Å². The number of ether oxygens (including phenoxy) is 1. The van der Waals surface area contributed by atoms with Crippen LogP contribution in [0.1, 0.15) is 81.5 Å². The predicted octanol–water partition coefficient (Wildman–Crippen LogP) is 8.14. The van der Waals surface area contributed by atoms with Gasteiger partial charge in [0.25, 0.3) is 5.91 Å². The van der Waals surface area contributed by atoms with Crippen molar-refractivity contribution >= 4 is 28.1 Å². The summed E-state index contributed by atoms with van der Waals surface area (Å²) in [6.07, 6.45) is 13.1. The first kappa shape index (κ1) is 26.4. The molecule has 0 bridgehead atoms. The molecule has 1 amide bonds. The molecule has 0 saturated heterocycles. The molecule has 0 unspecified atom stereocenters. The van der Waals surface area contributed by atoms with Crippen LogP contribution >= 0.6 is 0 Å². The van der Waals surface area contributed by atoms with Gasteiger partial charge >= 0.3 is 0 Å². The van der Waals surface area contributed by atoms with E-state index in [1.165, 1.54) is 57.8 Å². The number of unbranched alkanes of at least 4 members (excludes halogenated alkanes) is 9. The number of carbonyl (C=O) groups is 1. The summed E-state index contributed by atoms with van der Waals surface area (Å²) < 4.78 is 5.30. The van der Waals surface area contributed by atoms with Gasteiger partial charge in [0.2, 0.25) is 0 Å². The Morgan fingerprint density at radius 2 is 1.43 bits per heavy atom. The first-order valence-corrected chi connectivity index (χ1v) is 13.1. The number of benzene rings is 3. The van der Waals surface area contributed by atoms with Crippen LogP contribution in [0.15, 0.2) is 54.6 Å². The summed E-state index contributed by atoms with van der Waals surface area (Å²) in [5.74, 6) is 0.176. The van der Waals surface area contributed by atoms with E-state index in [1.54, 1.807) is 25.3 Å². The number of methoxy groups -OCH3 is 1. The zero-order valence-electron chi connectivity index (χ0n) is 21.2. The van der Waals surface area contributed by atoms with Crippen molar-refractivity contribution in [2.24, 2.45) is 0 Å². The number of phenols is 1. The van der Waals surface area contributed by atoms with E-state index in [2.05, 4.69) is 17.6 Å². The molecule has 0 aliphatic rings. The molecule has 5 heteroatoms. The molecule has 0 atom stereocenters. The molecule has 3 N–H and O–H groups in total. The molecule has 0 aromatic heterocycles. The fourth-order valence-electron chi connectivity index (χ4n) is 4.45. The Morgan fingerprint density at radius 1 is 0.771 bits per heavy atom. The van der Waals surface area contributed by atoms with Crippen LogP contribution in [0.2, 0.25) is 0 Å². The highest BCUT2D eigenvalue weighted by Crippen LogP contribution is 2.34. The van der Waals surface area contributed by atoms with E-state index in [-0.39, 0.29) is 17.2 Å². The third-order valence-corrected chi connectivity index (χ3v) is 6.48. The number of aromatic hydroxyl groups is 1. The number of fused-ring (bicyclic) bond motifs is 1. The molecular formula is C30H40N2O3. The van der Waals surface area contributed by atoms with Crippen LogP contribution in [0, 0.1) is 0 Å². The molecule has 0 spiro atoms. The molecule has 35 heavy (non-hydrogen) atoms. The van der Waals surface area contributed by atoms with Crippen molar-refractivity contribution in [3.63, 3.8) is 0 Å². The summed E-state index contributed by atoms with van der Waals surface area (Å²) in [6.45, 7) is 3.15. The van der Waals surface area contributed by atoms with E-state index in [0.717, 1.165) is 24.0 Å². The Hall–Kier alpha value is -3.21. The molecule has 0 fully saturated rings. The molecule has 5 nitrogen and oxygen atoms in total. The standard InChI is InChI=1S/C30H40N2O3/c1-3-4-5-6-7-8-9-10-11-14-22-31-26-18-15-16-24-23(26)20-21-25(29(24)33)30(34)32-27-17-12-13-19-28(27)35-2/h12-13,15-21,31,33H,3-11,14,22H2,1-2H3,(H,32,34). The molecule has 3 rings (SSSR count). The molecule has 3 aromatic carbocycles. The van der Waals surface area contributed by atoms with Gasteiger partial charge in [-0.15, -0.1) is 0 Å². The summed E-state index contributed by atoms with van der Waals surface area (Å²) in [7, 11) is 1.56. The van der Waals surface area contributed by atoms with Crippen LogP contribution in [-0.2, 0) is 0 Å². The van der Waals surface area contributed by atoms with Gasteiger partial charge in [0.1, 0.15) is 11.5 Å². The fourth-order valence-corrected chi connectivity index (χ4v) is 4.45. The van der Waals surface area contributed by atoms with Crippen LogP contribution in [0.4, 0.5) is 11.4 Å². The molecule has 0 aliphatic heterocycles. The highest BCUT2D eigenvalue weighted by Gasteiger charge is 2.16. The number of para-hydroxylation sites is 2. The Kier molecular flexibility index (Phi) is 10.7. The van der Waals surface area contributed by atoms with Crippen molar-refractivity contribution in [2.75, 3.05) is 24.3 Å². The number of phenolic OH excluding ortho intramolecular Hbond substituents is 1. The van der Waals surface area contributed by atoms with E-state index >= 15 is 0 Å². The lowest BCUT2D eigenvalue weighted by Gasteiger charge is -2.14. The van der Waals surface area contributed by atoms with Crippen molar-refractivity contribution in [1.82, 2.24) is 0 Å². The van der Waals surface area contributed by atoms with Crippen molar-refractivity contribution in [2.45, 2.75) is 71.1 Å². The summed E-state index contributed by atoms with van der Waals surface area (Å²) in [5.41, 5.74) is 1.77. The topological polar surface area (TPSA) is 70.6 Å². The van der Waals surface area contributed by atoms with Gasteiger partial charge in [-0.1, -0.05) is 95.0 Å². The number of rotatable bonds is 15. The van der Waals surface area contributed by atoms with E-state index < -0.39 is 0 Å². The lowest BCUT2D eigenvalue weighted by atomic mass is 10.0. The highest BCUT2D eigenvalue weighted by molar-refractivity contribution is 6.11. The van der Waals surface area contributed by atoms with Crippen LogP contribution in [0.25, 0.3) is 10.8 Å². The molecule has 0 aliphatic carbocycles. The van der Waals surface area contributed by atoms with Gasteiger partial charge in [-0.3, -0.25) is 4.79 Å². The van der Waals surface area contributed by atoms with E-state index in [4.69, 9.17) is 4.74 Å². The zero-order valence-corrected chi connectivity index (χ0v) is 21.2. The lowest BCUT2D eigenvalue weighted by molar-refractivity contribution is 0.102. The quantitative estimate of drug-likeness (QED) is 0.194. The van der Waals surface area contributed by atoms with Crippen molar-refractivity contribution < 1.29 is 14.6 Å². The summed E-state index contributed by atoms with van der Waals surface area (Å²) in [4.78, 5) is 12.9. The predicted molar refractivity (Wildman–Crippen MR) is 147 cm³/mol. The second-order valence-electron chi connectivity index (χ2n) is 9.13. The lowest BCUT2D eigenvalue weighted by Crippen LogP contribution is -2.13. The third kappa shape index (κ3) is 7.64. The second-order valence-corrected chi connectivity index (χ2v) is 9.13. The minimum atomic E-state index is -0.377. The number of amides is 1. The number of anilines is 2. The summed E-state index contributed by atoms with van der Waals surface area (Å²) in [6, 6.07) is 16.6. The molecule has 0 radical (unpaired) electrons. The third-order valence-electron chi connectivity index (χ3n) is 6.48. The maximum absolute atomic E-state index is 12.9. The molecule has 3 aromatic rings. The largest absolute Gasteiger partial charge is 0.506 e. The van der Waals surface area contributed by atoms with E-state index in [0.29, 0.717) is 16.8 Å². The van der Waals surface area contributed by atoms with Gasteiger partial charge in [-0.2, -0.15) is 0 Å². The van der Waals surface area contributed by atoms with E-state index in [1.807, 2.05) is 36.4 Å². The summed E-state index contributed by atoms with van der Waals surface area (Å²) in [5, 5.41) is 18.8. The van der Waals surface area contributed by atoms with Gasteiger partial charge in [-0.25, -0.2) is 0 Å². The van der Waals surface area contributed by atoms with Gasteiger partial charge < -0.3 is 20.5 Å². The van der Waals surface area contributed by atoms with Gasteiger partial charge in [0, 0.05) is 23.0 Å². The van der Waals surface area contributed by atoms with Crippen LogP contribution in [0.3, 0.4) is 0 Å². The maximum atomic E-state index is 12.9. The van der Waals surface area contributed by atoms with Crippen LogP contribution in [-0.4, -0.2) is 24.7 Å². The Bertz CT molecular complexity index is 1080. The van der Waals surface area contributed by atoms with Crippen LogP contribution in [0.5, 0.6) is 11.5 Å². The molecular weight excluding hydrogens is 436 g/mol. The fraction of sp³-hybridized carbons (Fsp3) is 0.433. The minimum Gasteiger partial charge on any atom is -0.506 e. The van der Waals surface area contributed by atoms with Gasteiger partial charge in [-0.05, 0) is 30.7 Å². The van der Waals surface area contributed by atoms with Crippen LogP contribution < -0.4 is 15.4 Å². The second kappa shape index (κ2) is 14.2. The van der Waals surface area contributed by atoms with E-state index in [9.17, 15) is 9.90 Å². The molecule has 0 saturated carbocycles. The van der Waals surface area contributed by atoms with Crippen molar-refractivity contribution in [1.29, 1.82) is 0 Å². The minimum absolute atomic E-state index is 0.0162. The first-order chi connectivity index (χ1) is 17.2. The Balaban J connectivity index is 1.52.